The highest BCUT2D eigenvalue weighted by atomic mass is 79.9. The van der Waals surface area contributed by atoms with E-state index in [1.807, 2.05) is 30.3 Å². The Hall–Kier alpha value is -2.71. The standard InChI is InChI=1S/C24H25BrN4O2S/c1-15-14-19(16(2)29(15)18-9-7-17(25)8-10-18)23-22(20-6-4-5-12-26-20)27-24(32)28(23)13-11-21(30)31-3/h4-10,12,14,22-23H,11,13H2,1-3H3,(H,27,32)/t22-,23-/m1/s1. The van der Waals surface area contributed by atoms with Crippen molar-refractivity contribution in [3.05, 3.63) is 81.8 Å². The Balaban J connectivity index is 1.78. The van der Waals surface area contributed by atoms with Gasteiger partial charge in [-0.15, -0.1) is 0 Å². The predicted molar refractivity (Wildman–Crippen MR) is 132 cm³/mol. The Kier molecular flexibility index (Phi) is 6.62. The van der Waals surface area contributed by atoms with Crippen molar-refractivity contribution >= 4 is 39.2 Å². The van der Waals surface area contributed by atoms with Crippen molar-refractivity contribution in [1.29, 1.82) is 0 Å². The number of aromatic nitrogens is 2. The van der Waals surface area contributed by atoms with Gasteiger partial charge >= 0.3 is 5.97 Å². The van der Waals surface area contributed by atoms with E-state index in [0.717, 1.165) is 32.8 Å². The first-order chi connectivity index (χ1) is 15.4. The maximum atomic E-state index is 11.9. The second-order valence-corrected chi connectivity index (χ2v) is 9.09. The first-order valence-corrected chi connectivity index (χ1v) is 11.6. The summed E-state index contributed by atoms with van der Waals surface area (Å²) in [6.45, 7) is 4.70. The van der Waals surface area contributed by atoms with E-state index in [1.54, 1.807) is 6.20 Å². The lowest BCUT2D eigenvalue weighted by atomic mass is 9.96. The summed E-state index contributed by atoms with van der Waals surface area (Å²) in [6.07, 6.45) is 2.05. The number of aryl methyl sites for hydroxylation is 1. The molecule has 3 heterocycles. The third-order valence-electron chi connectivity index (χ3n) is 5.86. The number of hydrogen-bond acceptors (Lipinski definition) is 4. The van der Waals surface area contributed by atoms with E-state index in [2.05, 4.69) is 67.7 Å². The van der Waals surface area contributed by atoms with Crippen LogP contribution in [0.25, 0.3) is 5.69 Å². The topological polar surface area (TPSA) is 59.4 Å². The molecule has 0 bridgehead atoms. The molecule has 3 aromatic rings. The van der Waals surface area contributed by atoms with Gasteiger partial charge in [-0.3, -0.25) is 9.78 Å². The van der Waals surface area contributed by atoms with Gasteiger partial charge in [0.25, 0.3) is 0 Å². The van der Waals surface area contributed by atoms with Gasteiger partial charge in [0.15, 0.2) is 5.11 Å². The van der Waals surface area contributed by atoms with Crippen molar-refractivity contribution < 1.29 is 9.53 Å². The molecule has 4 rings (SSSR count). The normalized spacial score (nSPS) is 18.0. The van der Waals surface area contributed by atoms with Gasteiger partial charge in [-0.25, -0.2) is 0 Å². The number of esters is 1. The summed E-state index contributed by atoms with van der Waals surface area (Å²) >= 11 is 9.21. The monoisotopic (exact) mass is 512 g/mol. The SMILES string of the molecule is COC(=O)CCN1C(=S)N[C@H](c2ccccn2)[C@H]1c1cc(C)n(-c2ccc(Br)cc2)c1C. The van der Waals surface area contributed by atoms with Gasteiger partial charge in [0.05, 0.1) is 31.3 Å². The molecule has 2 atom stereocenters. The molecule has 1 aliphatic heterocycles. The van der Waals surface area contributed by atoms with Crippen LogP contribution in [0.3, 0.4) is 0 Å². The Morgan fingerprint density at radius 1 is 1.22 bits per heavy atom. The number of pyridine rings is 1. The van der Waals surface area contributed by atoms with Crippen LogP contribution in [0.5, 0.6) is 0 Å². The molecule has 1 fully saturated rings. The zero-order valence-corrected chi connectivity index (χ0v) is 20.6. The fraction of sp³-hybridized carbons (Fsp3) is 0.292. The van der Waals surface area contributed by atoms with Crippen molar-refractivity contribution in [3.63, 3.8) is 0 Å². The molecule has 32 heavy (non-hydrogen) atoms. The number of hydrogen-bond donors (Lipinski definition) is 1. The molecule has 0 aliphatic carbocycles. The van der Waals surface area contributed by atoms with Gasteiger partial charge in [-0.05, 0) is 74.1 Å². The third kappa shape index (κ3) is 4.29. The average molecular weight is 513 g/mol. The molecule has 8 heteroatoms. The molecule has 0 amide bonds. The molecule has 1 aromatic carbocycles. The Labute approximate surface area is 201 Å². The van der Waals surface area contributed by atoms with Gasteiger partial charge in [0.2, 0.25) is 0 Å². The summed E-state index contributed by atoms with van der Waals surface area (Å²) in [7, 11) is 1.41. The predicted octanol–water partition coefficient (Wildman–Crippen LogP) is 4.79. The minimum atomic E-state index is -0.256. The van der Waals surface area contributed by atoms with Gasteiger partial charge in [0, 0.05) is 34.3 Å². The van der Waals surface area contributed by atoms with Crippen molar-refractivity contribution in [2.24, 2.45) is 0 Å². The number of rotatable bonds is 6. The average Bonchev–Trinajstić information content (AvgIpc) is 3.28. The fourth-order valence-electron chi connectivity index (χ4n) is 4.37. The van der Waals surface area contributed by atoms with Crippen LogP contribution >= 0.6 is 28.1 Å². The van der Waals surface area contributed by atoms with Gasteiger partial charge in [-0.2, -0.15) is 0 Å². The number of carbonyl (C=O) groups excluding carboxylic acids is 1. The van der Waals surface area contributed by atoms with Crippen molar-refractivity contribution in [1.82, 2.24) is 19.8 Å². The molecule has 1 saturated heterocycles. The van der Waals surface area contributed by atoms with Crippen molar-refractivity contribution in [2.45, 2.75) is 32.4 Å². The maximum absolute atomic E-state index is 11.9. The fourth-order valence-corrected chi connectivity index (χ4v) is 4.97. The third-order valence-corrected chi connectivity index (χ3v) is 6.74. The van der Waals surface area contributed by atoms with E-state index in [9.17, 15) is 4.79 Å². The van der Waals surface area contributed by atoms with E-state index < -0.39 is 0 Å². The van der Waals surface area contributed by atoms with Gasteiger partial charge < -0.3 is 19.5 Å². The van der Waals surface area contributed by atoms with E-state index in [-0.39, 0.29) is 24.5 Å². The Morgan fingerprint density at radius 3 is 2.62 bits per heavy atom. The summed E-state index contributed by atoms with van der Waals surface area (Å²) in [4.78, 5) is 18.5. The lowest BCUT2D eigenvalue weighted by Gasteiger charge is -2.28. The highest BCUT2D eigenvalue weighted by Gasteiger charge is 2.41. The van der Waals surface area contributed by atoms with Crippen LogP contribution in [0.15, 0.2) is 59.2 Å². The lowest BCUT2D eigenvalue weighted by Crippen LogP contribution is -2.32. The van der Waals surface area contributed by atoms with Crippen LogP contribution in [0.2, 0.25) is 0 Å². The van der Waals surface area contributed by atoms with Crippen LogP contribution in [-0.4, -0.2) is 39.2 Å². The molecule has 6 nitrogen and oxygen atoms in total. The van der Waals surface area contributed by atoms with Crippen LogP contribution < -0.4 is 5.32 Å². The first kappa shape index (κ1) is 22.5. The quantitative estimate of drug-likeness (QED) is 0.378. The summed E-state index contributed by atoms with van der Waals surface area (Å²) < 4.78 is 8.15. The molecule has 0 spiro atoms. The van der Waals surface area contributed by atoms with Gasteiger partial charge in [0.1, 0.15) is 0 Å². The van der Waals surface area contributed by atoms with Crippen LogP contribution in [-0.2, 0) is 9.53 Å². The summed E-state index contributed by atoms with van der Waals surface area (Å²) in [5.74, 6) is -0.256. The van der Waals surface area contributed by atoms with Crippen LogP contribution in [0.4, 0.5) is 0 Å². The molecular weight excluding hydrogens is 488 g/mol. The largest absolute Gasteiger partial charge is 0.469 e. The molecule has 0 radical (unpaired) electrons. The second kappa shape index (κ2) is 9.42. The Morgan fingerprint density at radius 2 is 1.97 bits per heavy atom. The highest BCUT2D eigenvalue weighted by molar-refractivity contribution is 9.10. The smallest absolute Gasteiger partial charge is 0.307 e. The number of nitrogens with zero attached hydrogens (tertiary/aromatic N) is 3. The number of benzene rings is 1. The maximum Gasteiger partial charge on any atom is 0.307 e. The molecule has 1 N–H and O–H groups in total. The molecule has 166 valence electrons. The summed E-state index contributed by atoms with van der Waals surface area (Å²) in [5, 5.41) is 4.05. The molecule has 0 saturated carbocycles. The molecule has 1 aliphatic rings. The summed E-state index contributed by atoms with van der Waals surface area (Å²) in [6, 6.07) is 16.1. The van der Waals surface area contributed by atoms with E-state index in [4.69, 9.17) is 17.0 Å². The summed E-state index contributed by atoms with van der Waals surface area (Å²) in [5.41, 5.74) is 5.42. The van der Waals surface area contributed by atoms with Crippen molar-refractivity contribution in [3.8, 4) is 5.69 Å². The van der Waals surface area contributed by atoms with Crippen molar-refractivity contribution in [2.75, 3.05) is 13.7 Å². The molecular formula is C24H25BrN4O2S. The van der Waals surface area contributed by atoms with E-state index in [0.29, 0.717) is 11.7 Å². The van der Waals surface area contributed by atoms with Crippen LogP contribution in [0, 0.1) is 13.8 Å². The zero-order valence-electron chi connectivity index (χ0n) is 18.2. The van der Waals surface area contributed by atoms with E-state index >= 15 is 0 Å². The number of methoxy groups -OCH3 is 1. The highest BCUT2D eigenvalue weighted by Crippen LogP contribution is 2.41. The van der Waals surface area contributed by atoms with Gasteiger partial charge in [-0.1, -0.05) is 22.0 Å². The minimum absolute atomic E-state index is 0.0996. The lowest BCUT2D eigenvalue weighted by molar-refractivity contribution is -0.140. The number of ether oxygens (including phenoxy) is 1. The molecule has 0 unspecified atom stereocenters. The first-order valence-electron chi connectivity index (χ1n) is 10.4. The van der Waals surface area contributed by atoms with E-state index in [1.165, 1.54) is 7.11 Å². The van der Waals surface area contributed by atoms with Crippen LogP contribution in [0.1, 0.15) is 41.1 Å². The second-order valence-electron chi connectivity index (χ2n) is 7.78. The molecule has 2 aromatic heterocycles. The Bertz CT molecular complexity index is 1130. The minimum Gasteiger partial charge on any atom is -0.469 e. The number of halogens is 1. The number of carbonyl (C=O) groups is 1. The zero-order chi connectivity index (χ0) is 22.8. The number of thiocarbonyl (C=S) groups is 1. The number of nitrogens with one attached hydrogen (secondary N) is 1.